The van der Waals surface area contributed by atoms with E-state index in [0.29, 0.717) is 16.6 Å². The van der Waals surface area contributed by atoms with Gasteiger partial charge < -0.3 is 4.74 Å². The maximum atomic E-state index is 11.6. The van der Waals surface area contributed by atoms with Crippen LogP contribution in [0.15, 0.2) is 0 Å². The van der Waals surface area contributed by atoms with Crippen molar-refractivity contribution < 1.29 is 9.53 Å². The lowest BCUT2D eigenvalue weighted by atomic mass is 10.2. The van der Waals surface area contributed by atoms with Gasteiger partial charge >= 0.3 is 5.97 Å². The van der Waals surface area contributed by atoms with Crippen molar-refractivity contribution in [2.75, 3.05) is 6.61 Å². The van der Waals surface area contributed by atoms with Crippen molar-refractivity contribution in [2.45, 2.75) is 33.1 Å². The standard InChI is InChI=1S/C10H14N4O2S/c1-4-7-11-12-10-14(7)13-8(17-10)6(3)9(15)16-5-2/h6H,4-5H2,1-3H3. The van der Waals surface area contributed by atoms with Crippen LogP contribution in [0.1, 0.15) is 37.5 Å². The molecule has 1 unspecified atom stereocenters. The molecule has 2 rings (SSSR count). The van der Waals surface area contributed by atoms with Gasteiger partial charge in [-0.3, -0.25) is 4.79 Å². The third-order valence-electron chi connectivity index (χ3n) is 2.40. The first-order valence-corrected chi connectivity index (χ1v) is 6.36. The number of aromatic nitrogens is 4. The van der Waals surface area contributed by atoms with Crippen LogP contribution in [0, 0.1) is 0 Å². The molecule has 2 aromatic rings. The minimum Gasteiger partial charge on any atom is -0.465 e. The van der Waals surface area contributed by atoms with Crippen molar-refractivity contribution in [3.8, 4) is 0 Å². The van der Waals surface area contributed by atoms with Gasteiger partial charge in [0.25, 0.3) is 0 Å². The number of rotatable bonds is 4. The Morgan fingerprint density at radius 3 is 2.88 bits per heavy atom. The van der Waals surface area contributed by atoms with Gasteiger partial charge in [-0.15, -0.1) is 10.2 Å². The van der Waals surface area contributed by atoms with E-state index in [1.165, 1.54) is 11.3 Å². The summed E-state index contributed by atoms with van der Waals surface area (Å²) in [7, 11) is 0. The second kappa shape index (κ2) is 4.79. The molecule has 0 saturated carbocycles. The molecule has 0 fully saturated rings. The molecule has 7 heteroatoms. The lowest BCUT2D eigenvalue weighted by Gasteiger charge is -2.05. The molecule has 0 aliphatic carbocycles. The molecule has 0 aliphatic heterocycles. The average molecular weight is 254 g/mol. The summed E-state index contributed by atoms with van der Waals surface area (Å²) in [4.78, 5) is 12.3. The van der Waals surface area contributed by atoms with Crippen LogP contribution in [-0.2, 0) is 16.0 Å². The number of fused-ring (bicyclic) bond motifs is 1. The van der Waals surface area contributed by atoms with Gasteiger partial charge in [-0.05, 0) is 13.8 Å². The van der Waals surface area contributed by atoms with E-state index in [2.05, 4.69) is 15.3 Å². The summed E-state index contributed by atoms with van der Waals surface area (Å²) < 4.78 is 6.66. The fourth-order valence-corrected chi connectivity index (χ4v) is 2.33. The predicted molar refractivity (Wildman–Crippen MR) is 63.1 cm³/mol. The molecule has 0 bridgehead atoms. The molecule has 0 spiro atoms. The van der Waals surface area contributed by atoms with E-state index in [-0.39, 0.29) is 11.9 Å². The Labute approximate surface area is 103 Å². The van der Waals surface area contributed by atoms with Crippen LogP contribution in [0.25, 0.3) is 4.96 Å². The molecule has 17 heavy (non-hydrogen) atoms. The van der Waals surface area contributed by atoms with Gasteiger partial charge in [0.05, 0.1) is 6.61 Å². The summed E-state index contributed by atoms with van der Waals surface area (Å²) in [5, 5.41) is 13.1. The Balaban J connectivity index is 2.30. The topological polar surface area (TPSA) is 69.4 Å². The lowest BCUT2D eigenvalue weighted by molar-refractivity contribution is -0.144. The number of hydrogen-bond donors (Lipinski definition) is 0. The number of aryl methyl sites for hydroxylation is 1. The van der Waals surface area contributed by atoms with Crippen molar-refractivity contribution in [1.82, 2.24) is 19.8 Å². The van der Waals surface area contributed by atoms with E-state index in [9.17, 15) is 4.79 Å². The molecular weight excluding hydrogens is 240 g/mol. The number of hydrogen-bond acceptors (Lipinski definition) is 6. The third kappa shape index (κ3) is 2.14. The third-order valence-corrected chi connectivity index (χ3v) is 3.48. The zero-order chi connectivity index (χ0) is 12.4. The van der Waals surface area contributed by atoms with E-state index in [1.54, 1.807) is 18.4 Å². The van der Waals surface area contributed by atoms with Crippen LogP contribution < -0.4 is 0 Å². The van der Waals surface area contributed by atoms with Crippen LogP contribution in [0.5, 0.6) is 0 Å². The van der Waals surface area contributed by atoms with Crippen molar-refractivity contribution in [1.29, 1.82) is 0 Å². The van der Waals surface area contributed by atoms with Gasteiger partial charge in [0.2, 0.25) is 4.96 Å². The van der Waals surface area contributed by atoms with Gasteiger partial charge in [-0.1, -0.05) is 18.3 Å². The molecule has 2 heterocycles. The van der Waals surface area contributed by atoms with Crippen LogP contribution in [0.2, 0.25) is 0 Å². The summed E-state index contributed by atoms with van der Waals surface area (Å²) in [6.45, 7) is 5.95. The molecular formula is C10H14N4O2S. The lowest BCUT2D eigenvalue weighted by Crippen LogP contribution is -2.13. The minimum absolute atomic E-state index is 0.254. The van der Waals surface area contributed by atoms with E-state index >= 15 is 0 Å². The molecule has 92 valence electrons. The Bertz CT molecular complexity index is 533. The van der Waals surface area contributed by atoms with Crippen molar-refractivity contribution >= 4 is 22.3 Å². The molecule has 2 aromatic heterocycles. The number of ether oxygens (including phenoxy) is 1. The summed E-state index contributed by atoms with van der Waals surface area (Å²) in [5.41, 5.74) is 0. The summed E-state index contributed by atoms with van der Waals surface area (Å²) in [5.74, 6) is 0.195. The smallest absolute Gasteiger partial charge is 0.315 e. The minimum atomic E-state index is -0.355. The highest BCUT2D eigenvalue weighted by molar-refractivity contribution is 7.16. The quantitative estimate of drug-likeness (QED) is 0.772. The Morgan fingerprint density at radius 2 is 2.24 bits per heavy atom. The maximum Gasteiger partial charge on any atom is 0.315 e. The highest BCUT2D eigenvalue weighted by atomic mass is 32.1. The SMILES string of the molecule is CCOC(=O)C(C)c1nn2c(CC)nnc2s1. The normalized spacial score (nSPS) is 12.9. The second-order valence-electron chi connectivity index (χ2n) is 3.58. The molecule has 0 N–H and O–H groups in total. The zero-order valence-corrected chi connectivity index (χ0v) is 10.8. The number of esters is 1. The largest absolute Gasteiger partial charge is 0.465 e. The Morgan fingerprint density at radius 1 is 1.47 bits per heavy atom. The van der Waals surface area contributed by atoms with Gasteiger partial charge in [-0.2, -0.15) is 9.61 Å². The highest BCUT2D eigenvalue weighted by Crippen LogP contribution is 2.23. The van der Waals surface area contributed by atoms with Crippen molar-refractivity contribution in [3.63, 3.8) is 0 Å². The summed E-state index contributed by atoms with van der Waals surface area (Å²) in [6, 6.07) is 0. The highest BCUT2D eigenvalue weighted by Gasteiger charge is 2.22. The van der Waals surface area contributed by atoms with Crippen molar-refractivity contribution in [2.24, 2.45) is 0 Å². The maximum absolute atomic E-state index is 11.6. The molecule has 0 aliphatic rings. The van der Waals surface area contributed by atoms with Gasteiger partial charge in [0.15, 0.2) is 5.82 Å². The van der Waals surface area contributed by atoms with Gasteiger partial charge in [-0.25, -0.2) is 0 Å². The number of carbonyl (C=O) groups excluding carboxylic acids is 1. The van der Waals surface area contributed by atoms with E-state index in [0.717, 1.165) is 12.2 Å². The monoisotopic (exact) mass is 254 g/mol. The molecule has 0 aromatic carbocycles. The number of nitrogens with zero attached hydrogens (tertiary/aromatic N) is 4. The molecule has 0 amide bonds. The van der Waals surface area contributed by atoms with E-state index in [1.807, 2.05) is 6.92 Å². The van der Waals surface area contributed by atoms with Crippen LogP contribution in [-0.4, -0.2) is 32.4 Å². The predicted octanol–water partition coefficient (Wildman–Crippen LogP) is 1.41. The molecule has 0 saturated heterocycles. The molecule has 6 nitrogen and oxygen atoms in total. The first-order valence-electron chi connectivity index (χ1n) is 5.55. The molecule has 1 atom stereocenters. The summed E-state index contributed by atoms with van der Waals surface area (Å²) >= 11 is 1.37. The second-order valence-corrected chi connectivity index (χ2v) is 4.57. The van der Waals surface area contributed by atoms with E-state index in [4.69, 9.17) is 4.74 Å². The first-order chi connectivity index (χ1) is 8.17. The first kappa shape index (κ1) is 12.0. The van der Waals surface area contributed by atoms with Crippen LogP contribution >= 0.6 is 11.3 Å². The number of carbonyl (C=O) groups is 1. The average Bonchev–Trinajstić information content (AvgIpc) is 2.87. The van der Waals surface area contributed by atoms with Crippen LogP contribution in [0.4, 0.5) is 0 Å². The Kier molecular flexibility index (Phi) is 3.37. The Hall–Kier alpha value is -1.50. The fraction of sp³-hybridized carbons (Fsp3) is 0.600. The zero-order valence-electron chi connectivity index (χ0n) is 10.0. The summed E-state index contributed by atoms with van der Waals surface area (Å²) in [6.07, 6.45) is 0.762. The fourth-order valence-electron chi connectivity index (χ4n) is 1.44. The van der Waals surface area contributed by atoms with Gasteiger partial charge in [0.1, 0.15) is 10.9 Å². The van der Waals surface area contributed by atoms with Gasteiger partial charge in [0, 0.05) is 6.42 Å². The van der Waals surface area contributed by atoms with Crippen LogP contribution in [0.3, 0.4) is 0 Å². The molecule has 0 radical (unpaired) electrons. The van der Waals surface area contributed by atoms with E-state index < -0.39 is 0 Å². The van der Waals surface area contributed by atoms with Crippen molar-refractivity contribution in [3.05, 3.63) is 10.8 Å².